The average molecular weight is 198 g/mol. The molecule has 0 saturated heterocycles. The van der Waals surface area contributed by atoms with Crippen LogP contribution in [-0.2, 0) is 23.0 Å². The van der Waals surface area contributed by atoms with Crippen molar-refractivity contribution in [1.82, 2.24) is 9.55 Å². The molecule has 5 heteroatoms. The molecule has 78 valence electrons. The highest BCUT2D eigenvalue weighted by Gasteiger charge is 2.10. The highest BCUT2D eigenvalue weighted by atomic mass is 16.5. The van der Waals surface area contributed by atoms with Gasteiger partial charge in [0.25, 0.3) is 0 Å². The predicted octanol–water partition coefficient (Wildman–Crippen LogP) is 0.452. The summed E-state index contributed by atoms with van der Waals surface area (Å²) in [6.07, 6.45) is 3.42. The number of aryl methyl sites for hydroxylation is 1. The van der Waals surface area contributed by atoms with Gasteiger partial charge in [0.2, 0.25) is 0 Å². The monoisotopic (exact) mass is 198 g/mol. The second-order valence-corrected chi connectivity index (χ2v) is 3.06. The van der Waals surface area contributed by atoms with E-state index in [1.807, 2.05) is 17.8 Å². The molecule has 1 N–H and O–H groups in total. The summed E-state index contributed by atoms with van der Waals surface area (Å²) < 4.78 is 6.96. The number of aromatic nitrogens is 2. The van der Waals surface area contributed by atoms with E-state index in [1.54, 1.807) is 6.20 Å². The Morgan fingerprint density at radius 1 is 1.79 bits per heavy atom. The zero-order chi connectivity index (χ0) is 10.6. The highest BCUT2D eigenvalue weighted by Crippen LogP contribution is 1.98. The summed E-state index contributed by atoms with van der Waals surface area (Å²) >= 11 is 0. The van der Waals surface area contributed by atoms with E-state index in [0.717, 1.165) is 5.82 Å². The first kappa shape index (κ1) is 10.7. The minimum Gasteiger partial charge on any atom is -0.479 e. The minimum absolute atomic E-state index is 0.373. The third-order valence-corrected chi connectivity index (χ3v) is 1.96. The van der Waals surface area contributed by atoms with Gasteiger partial charge in [-0.1, -0.05) is 0 Å². The second kappa shape index (κ2) is 4.76. The van der Waals surface area contributed by atoms with Crippen molar-refractivity contribution in [1.29, 1.82) is 0 Å². The topological polar surface area (TPSA) is 64.4 Å². The number of hydrogen-bond acceptors (Lipinski definition) is 3. The van der Waals surface area contributed by atoms with E-state index in [4.69, 9.17) is 9.84 Å². The van der Waals surface area contributed by atoms with Gasteiger partial charge in [0.05, 0.1) is 6.61 Å². The molecule has 0 aliphatic carbocycles. The number of carboxylic acid groups (broad SMARTS) is 1. The Balaban J connectivity index is 2.29. The minimum atomic E-state index is -0.940. The lowest BCUT2D eigenvalue weighted by atomic mass is 10.4. The van der Waals surface area contributed by atoms with Crippen LogP contribution in [0, 0.1) is 0 Å². The van der Waals surface area contributed by atoms with E-state index >= 15 is 0 Å². The second-order valence-electron chi connectivity index (χ2n) is 3.06. The molecular formula is C9H14N2O3. The van der Waals surface area contributed by atoms with Gasteiger partial charge in [-0.15, -0.1) is 0 Å². The van der Waals surface area contributed by atoms with Crippen molar-refractivity contribution in [2.24, 2.45) is 7.05 Å². The van der Waals surface area contributed by atoms with Crippen LogP contribution in [0.1, 0.15) is 12.7 Å². The summed E-state index contributed by atoms with van der Waals surface area (Å²) in [5, 5.41) is 8.55. The van der Waals surface area contributed by atoms with Crippen LogP contribution in [0.25, 0.3) is 0 Å². The average Bonchev–Trinajstić information content (AvgIpc) is 2.51. The molecule has 1 atom stereocenters. The molecule has 0 saturated carbocycles. The van der Waals surface area contributed by atoms with Gasteiger partial charge >= 0.3 is 5.97 Å². The Morgan fingerprint density at radius 2 is 2.50 bits per heavy atom. The van der Waals surface area contributed by atoms with Crippen molar-refractivity contribution in [2.45, 2.75) is 19.4 Å². The van der Waals surface area contributed by atoms with E-state index in [-0.39, 0.29) is 0 Å². The van der Waals surface area contributed by atoms with E-state index < -0.39 is 12.1 Å². The zero-order valence-corrected chi connectivity index (χ0v) is 8.30. The fraction of sp³-hybridized carbons (Fsp3) is 0.556. The lowest BCUT2D eigenvalue weighted by Gasteiger charge is -2.07. The molecule has 0 radical (unpaired) electrons. The van der Waals surface area contributed by atoms with Crippen molar-refractivity contribution in [3.63, 3.8) is 0 Å². The number of imidazole rings is 1. The third-order valence-electron chi connectivity index (χ3n) is 1.96. The molecule has 0 aliphatic heterocycles. The molecule has 1 aromatic heterocycles. The molecular weight excluding hydrogens is 184 g/mol. The van der Waals surface area contributed by atoms with Gasteiger partial charge in [0, 0.05) is 25.9 Å². The first-order valence-corrected chi connectivity index (χ1v) is 4.42. The summed E-state index contributed by atoms with van der Waals surface area (Å²) in [6, 6.07) is 0. The van der Waals surface area contributed by atoms with E-state index in [9.17, 15) is 4.79 Å². The van der Waals surface area contributed by atoms with Crippen LogP contribution < -0.4 is 0 Å². The van der Waals surface area contributed by atoms with Gasteiger partial charge in [-0.3, -0.25) is 0 Å². The number of ether oxygens (including phenoxy) is 1. The summed E-state index contributed by atoms with van der Waals surface area (Å²) in [4.78, 5) is 14.5. The van der Waals surface area contributed by atoms with Crippen molar-refractivity contribution in [3.05, 3.63) is 18.2 Å². The number of nitrogens with zero attached hydrogens (tertiary/aromatic N) is 2. The molecule has 0 bridgehead atoms. The maximum absolute atomic E-state index is 10.4. The van der Waals surface area contributed by atoms with Crippen LogP contribution in [0.3, 0.4) is 0 Å². The van der Waals surface area contributed by atoms with Gasteiger partial charge < -0.3 is 14.4 Å². The van der Waals surface area contributed by atoms with Crippen molar-refractivity contribution in [2.75, 3.05) is 6.61 Å². The van der Waals surface area contributed by atoms with Gasteiger partial charge in [0.15, 0.2) is 6.10 Å². The molecule has 0 amide bonds. The number of aliphatic carboxylic acids is 1. The number of hydrogen-bond donors (Lipinski definition) is 1. The first-order chi connectivity index (χ1) is 6.61. The van der Waals surface area contributed by atoms with E-state index in [2.05, 4.69) is 4.98 Å². The van der Waals surface area contributed by atoms with Crippen LogP contribution in [-0.4, -0.2) is 33.3 Å². The molecule has 0 spiro atoms. The largest absolute Gasteiger partial charge is 0.479 e. The van der Waals surface area contributed by atoms with Gasteiger partial charge in [-0.25, -0.2) is 9.78 Å². The van der Waals surface area contributed by atoms with Crippen LogP contribution >= 0.6 is 0 Å². The summed E-state index contributed by atoms with van der Waals surface area (Å²) in [5.41, 5.74) is 0. The SMILES string of the molecule is C[C@H](OCCc1nccn1C)C(=O)O. The summed E-state index contributed by atoms with van der Waals surface area (Å²) in [6.45, 7) is 1.89. The van der Waals surface area contributed by atoms with Gasteiger partial charge in [0.1, 0.15) is 5.82 Å². The smallest absolute Gasteiger partial charge is 0.332 e. The molecule has 1 aromatic rings. The number of carbonyl (C=O) groups is 1. The summed E-state index contributed by atoms with van der Waals surface area (Å²) in [5.74, 6) is -0.0487. The third kappa shape index (κ3) is 2.85. The van der Waals surface area contributed by atoms with Gasteiger partial charge in [-0.2, -0.15) is 0 Å². The Kier molecular flexibility index (Phi) is 3.64. The van der Waals surface area contributed by atoms with Crippen LogP contribution in [0.4, 0.5) is 0 Å². The molecule has 0 unspecified atom stereocenters. The van der Waals surface area contributed by atoms with Crippen molar-refractivity contribution < 1.29 is 14.6 Å². The molecule has 0 fully saturated rings. The van der Waals surface area contributed by atoms with Crippen molar-refractivity contribution >= 4 is 5.97 Å². The lowest BCUT2D eigenvalue weighted by Crippen LogP contribution is -2.21. The fourth-order valence-electron chi connectivity index (χ4n) is 1.04. The van der Waals surface area contributed by atoms with Crippen molar-refractivity contribution in [3.8, 4) is 0 Å². The Labute approximate surface area is 82.3 Å². The normalized spacial score (nSPS) is 12.7. The Bertz CT molecular complexity index is 309. The highest BCUT2D eigenvalue weighted by molar-refractivity contribution is 5.71. The number of rotatable bonds is 5. The maximum atomic E-state index is 10.4. The molecule has 0 aromatic carbocycles. The fourth-order valence-corrected chi connectivity index (χ4v) is 1.04. The molecule has 5 nitrogen and oxygen atoms in total. The summed E-state index contributed by atoms with van der Waals surface area (Å²) in [7, 11) is 1.89. The lowest BCUT2D eigenvalue weighted by molar-refractivity contribution is -0.149. The molecule has 14 heavy (non-hydrogen) atoms. The van der Waals surface area contributed by atoms with E-state index in [0.29, 0.717) is 13.0 Å². The number of carboxylic acids is 1. The Hall–Kier alpha value is -1.36. The van der Waals surface area contributed by atoms with Crippen LogP contribution in [0.15, 0.2) is 12.4 Å². The van der Waals surface area contributed by atoms with Crippen LogP contribution in [0.2, 0.25) is 0 Å². The van der Waals surface area contributed by atoms with Crippen LogP contribution in [0.5, 0.6) is 0 Å². The zero-order valence-electron chi connectivity index (χ0n) is 8.30. The molecule has 1 heterocycles. The molecule has 1 rings (SSSR count). The Morgan fingerprint density at radius 3 is 3.00 bits per heavy atom. The molecule has 0 aliphatic rings. The van der Waals surface area contributed by atoms with E-state index in [1.165, 1.54) is 6.92 Å². The van der Waals surface area contributed by atoms with Gasteiger partial charge in [-0.05, 0) is 6.92 Å². The standard InChI is InChI=1S/C9H14N2O3/c1-7(9(12)13)14-6-3-8-10-4-5-11(8)2/h4-5,7H,3,6H2,1-2H3,(H,12,13)/t7-/m0/s1. The first-order valence-electron chi connectivity index (χ1n) is 4.42. The predicted molar refractivity (Wildman–Crippen MR) is 50.0 cm³/mol. The quantitative estimate of drug-likeness (QED) is 0.746. The maximum Gasteiger partial charge on any atom is 0.332 e.